The quantitative estimate of drug-likeness (QED) is 0.614. The second-order valence-corrected chi connectivity index (χ2v) is 9.41. The van der Waals surface area contributed by atoms with Gasteiger partial charge in [0.1, 0.15) is 0 Å². The number of benzene rings is 1. The summed E-state index contributed by atoms with van der Waals surface area (Å²) in [6.07, 6.45) is 11.1. The van der Waals surface area contributed by atoms with Crippen LogP contribution in [-0.4, -0.2) is 44.0 Å². The Labute approximate surface area is 177 Å². The second-order valence-electron chi connectivity index (χ2n) is 9.41. The lowest BCUT2D eigenvalue weighted by Gasteiger charge is -2.38. The molecular formula is C25H41N3O. The van der Waals surface area contributed by atoms with E-state index in [0.29, 0.717) is 5.92 Å². The topological polar surface area (TPSA) is 44.4 Å². The summed E-state index contributed by atoms with van der Waals surface area (Å²) in [4.78, 5) is 15.4. The van der Waals surface area contributed by atoms with Crippen LogP contribution in [0.4, 0.5) is 0 Å². The average Bonchev–Trinajstić information content (AvgIpc) is 2.77. The highest BCUT2D eigenvalue weighted by Crippen LogP contribution is 2.41. The molecule has 1 aliphatic heterocycles. The Bertz CT molecular complexity index is 635. The van der Waals surface area contributed by atoms with Gasteiger partial charge in [-0.15, -0.1) is 0 Å². The molecule has 1 amide bonds. The number of piperidine rings is 1. The van der Waals surface area contributed by atoms with Crippen LogP contribution in [0.3, 0.4) is 0 Å². The average molecular weight is 400 g/mol. The fourth-order valence-electron chi connectivity index (χ4n) is 5.36. The number of likely N-dealkylation sites (tertiary alicyclic amines) is 1. The number of nitrogens with zero attached hydrogens (tertiary/aromatic N) is 1. The lowest BCUT2D eigenvalue weighted by atomic mass is 9.66. The molecule has 4 nitrogen and oxygen atoms in total. The van der Waals surface area contributed by atoms with Crippen LogP contribution in [-0.2, 0) is 17.8 Å². The van der Waals surface area contributed by atoms with Crippen molar-refractivity contribution in [3.05, 3.63) is 35.4 Å². The highest BCUT2D eigenvalue weighted by atomic mass is 16.2. The van der Waals surface area contributed by atoms with E-state index in [4.69, 9.17) is 0 Å². The number of hydrogen-bond donors (Lipinski definition) is 2. The molecular weight excluding hydrogens is 358 g/mol. The van der Waals surface area contributed by atoms with Crippen molar-refractivity contribution in [3.63, 3.8) is 0 Å². The van der Waals surface area contributed by atoms with E-state index in [-0.39, 0.29) is 11.3 Å². The van der Waals surface area contributed by atoms with E-state index in [9.17, 15) is 4.79 Å². The van der Waals surface area contributed by atoms with Gasteiger partial charge in [-0.2, -0.15) is 0 Å². The Morgan fingerprint density at radius 1 is 1.07 bits per heavy atom. The van der Waals surface area contributed by atoms with Crippen LogP contribution in [0, 0.1) is 11.3 Å². The molecule has 1 aromatic carbocycles. The van der Waals surface area contributed by atoms with Crippen molar-refractivity contribution in [2.24, 2.45) is 11.3 Å². The van der Waals surface area contributed by atoms with Gasteiger partial charge in [0.25, 0.3) is 0 Å². The number of rotatable bonds is 9. The van der Waals surface area contributed by atoms with Gasteiger partial charge in [0.05, 0.1) is 5.41 Å². The van der Waals surface area contributed by atoms with E-state index < -0.39 is 0 Å². The molecule has 29 heavy (non-hydrogen) atoms. The van der Waals surface area contributed by atoms with E-state index in [1.165, 1.54) is 75.6 Å². The number of amides is 1. The maximum atomic E-state index is 12.9. The minimum Gasteiger partial charge on any atom is -0.359 e. The fraction of sp³-hybridized carbons (Fsp3) is 0.720. The molecule has 1 heterocycles. The molecule has 0 aromatic heterocycles. The van der Waals surface area contributed by atoms with Gasteiger partial charge >= 0.3 is 0 Å². The molecule has 0 spiro atoms. The largest absolute Gasteiger partial charge is 0.359 e. The van der Waals surface area contributed by atoms with Crippen LogP contribution >= 0.6 is 0 Å². The standard InChI is InChI=1S/C25H41N3O/c1-25(24(29)26-2,23-12-5-3-6-13-23)19-21-10-9-11-22(18-21)20-27-14-17-28-15-7-4-8-16-28/h9-11,18,23,27H,3-8,12-17,19-20H2,1-2H3,(H,26,29). The van der Waals surface area contributed by atoms with Crippen molar-refractivity contribution >= 4 is 5.91 Å². The van der Waals surface area contributed by atoms with Gasteiger partial charge in [0.15, 0.2) is 0 Å². The zero-order chi connectivity index (χ0) is 20.5. The number of carbonyl (C=O) groups is 1. The van der Waals surface area contributed by atoms with Crippen molar-refractivity contribution in [2.45, 2.75) is 71.3 Å². The van der Waals surface area contributed by atoms with Crippen molar-refractivity contribution in [1.82, 2.24) is 15.5 Å². The normalized spacial score (nSPS) is 20.9. The maximum absolute atomic E-state index is 12.9. The summed E-state index contributed by atoms with van der Waals surface area (Å²) < 4.78 is 0. The molecule has 3 rings (SSSR count). The first-order valence-electron chi connectivity index (χ1n) is 11.8. The van der Waals surface area contributed by atoms with Gasteiger partial charge in [-0.25, -0.2) is 0 Å². The third-order valence-corrected chi connectivity index (χ3v) is 7.20. The summed E-state index contributed by atoms with van der Waals surface area (Å²) in [5, 5.41) is 6.57. The lowest BCUT2D eigenvalue weighted by Crippen LogP contribution is -2.45. The first kappa shape index (κ1) is 22.3. The molecule has 162 valence electrons. The van der Waals surface area contributed by atoms with E-state index in [0.717, 1.165) is 26.1 Å². The van der Waals surface area contributed by atoms with Gasteiger partial charge in [-0.1, -0.05) is 56.9 Å². The number of nitrogens with one attached hydrogen (secondary N) is 2. The van der Waals surface area contributed by atoms with Gasteiger partial charge in [0, 0.05) is 26.7 Å². The lowest BCUT2D eigenvalue weighted by molar-refractivity contribution is -0.133. The Hall–Kier alpha value is -1.39. The third-order valence-electron chi connectivity index (χ3n) is 7.20. The zero-order valence-corrected chi connectivity index (χ0v) is 18.6. The zero-order valence-electron chi connectivity index (χ0n) is 18.6. The smallest absolute Gasteiger partial charge is 0.226 e. The Morgan fingerprint density at radius 2 is 1.76 bits per heavy atom. The van der Waals surface area contributed by atoms with E-state index >= 15 is 0 Å². The SMILES string of the molecule is CNC(=O)C(C)(Cc1cccc(CNCCN2CCCCC2)c1)C1CCCCC1. The molecule has 1 aromatic rings. The summed E-state index contributed by atoms with van der Waals surface area (Å²) in [5.74, 6) is 0.692. The summed E-state index contributed by atoms with van der Waals surface area (Å²) in [6.45, 7) is 7.80. The fourth-order valence-corrected chi connectivity index (χ4v) is 5.36. The first-order valence-corrected chi connectivity index (χ1v) is 11.8. The third kappa shape index (κ3) is 6.29. The van der Waals surface area contributed by atoms with Crippen LogP contribution in [0.5, 0.6) is 0 Å². The second kappa shape index (κ2) is 11.1. The summed E-state index contributed by atoms with van der Waals surface area (Å²) in [5.41, 5.74) is 2.30. The van der Waals surface area contributed by atoms with Crippen molar-refractivity contribution in [2.75, 3.05) is 33.2 Å². The minimum atomic E-state index is -0.310. The molecule has 1 saturated heterocycles. The molecule has 2 aliphatic rings. The van der Waals surface area contributed by atoms with E-state index in [1.54, 1.807) is 7.05 Å². The molecule has 1 aliphatic carbocycles. The van der Waals surface area contributed by atoms with Gasteiger partial charge in [-0.05, 0) is 62.2 Å². The van der Waals surface area contributed by atoms with E-state index in [2.05, 4.69) is 46.7 Å². The maximum Gasteiger partial charge on any atom is 0.226 e. The number of hydrogen-bond acceptors (Lipinski definition) is 3. The first-order chi connectivity index (χ1) is 14.1. The van der Waals surface area contributed by atoms with Crippen molar-refractivity contribution < 1.29 is 4.79 Å². The summed E-state index contributed by atoms with van der Waals surface area (Å²) in [7, 11) is 1.78. The molecule has 4 heteroatoms. The molecule has 1 unspecified atom stereocenters. The Kier molecular flexibility index (Phi) is 8.55. The molecule has 0 radical (unpaired) electrons. The Balaban J connectivity index is 1.56. The van der Waals surface area contributed by atoms with Crippen LogP contribution in [0.25, 0.3) is 0 Å². The van der Waals surface area contributed by atoms with Crippen molar-refractivity contribution in [3.8, 4) is 0 Å². The van der Waals surface area contributed by atoms with Crippen LogP contribution < -0.4 is 10.6 Å². The predicted molar refractivity (Wildman–Crippen MR) is 121 cm³/mol. The monoisotopic (exact) mass is 399 g/mol. The minimum absolute atomic E-state index is 0.203. The predicted octanol–water partition coefficient (Wildman–Crippen LogP) is 4.14. The molecule has 2 N–H and O–H groups in total. The van der Waals surface area contributed by atoms with Crippen molar-refractivity contribution in [1.29, 1.82) is 0 Å². The molecule has 1 atom stereocenters. The van der Waals surface area contributed by atoms with E-state index in [1.807, 2.05) is 0 Å². The highest BCUT2D eigenvalue weighted by molar-refractivity contribution is 5.82. The van der Waals surface area contributed by atoms with Gasteiger partial charge in [-0.3, -0.25) is 4.79 Å². The molecule has 2 fully saturated rings. The molecule has 0 bridgehead atoms. The van der Waals surface area contributed by atoms with Crippen LogP contribution in [0.2, 0.25) is 0 Å². The summed E-state index contributed by atoms with van der Waals surface area (Å²) in [6, 6.07) is 8.86. The summed E-state index contributed by atoms with van der Waals surface area (Å²) >= 11 is 0. The number of carbonyl (C=O) groups excluding carboxylic acids is 1. The highest BCUT2D eigenvalue weighted by Gasteiger charge is 2.41. The molecule has 1 saturated carbocycles. The van der Waals surface area contributed by atoms with Gasteiger partial charge < -0.3 is 15.5 Å². The Morgan fingerprint density at radius 3 is 2.48 bits per heavy atom. The van der Waals surface area contributed by atoms with Crippen LogP contribution in [0.1, 0.15) is 69.4 Å². The van der Waals surface area contributed by atoms with Gasteiger partial charge in [0.2, 0.25) is 5.91 Å². The van der Waals surface area contributed by atoms with Crippen LogP contribution in [0.15, 0.2) is 24.3 Å².